The second kappa shape index (κ2) is 5.58. The Morgan fingerprint density at radius 3 is 3.05 bits per heavy atom. The molecule has 2 heterocycles. The molecule has 0 saturated carbocycles. The summed E-state index contributed by atoms with van der Waals surface area (Å²) in [5, 5.41) is 7.62. The topological polar surface area (TPSA) is 39.1 Å². The Balaban J connectivity index is 1.90. The Morgan fingerprint density at radius 1 is 1.50 bits per heavy atom. The first-order chi connectivity index (χ1) is 9.67. The van der Waals surface area contributed by atoms with Crippen molar-refractivity contribution in [2.24, 2.45) is 7.05 Å². The number of ether oxygens (including phenoxy) is 1. The van der Waals surface area contributed by atoms with Gasteiger partial charge in [-0.25, -0.2) is 0 Å². The van der Waals surface area contributed by atoms with Crippen LogP contribution in [-0.4, -0.2) is 23.4 Å². The van der Waals surface area contributed by atoms with Crippen LogP contribution in [-0.2, 0) is 19.9 Å². The maximum Gasteiger partial charge on any atom is 0.125 e. The van der Waals surface area contributed by atoms with Gasteiger partial charge in [-0.15, -0.1) is 0 Å². The van der Waals surface area contributed by atoms with Gasteiger partial charge in [-0.1, -0.05) is 15.9 Å². The van der Waals surface area contributed by atoms with E-state index in [1.54, 1.807) is 0 Å². The van der Waals surface area contributed by atoms with Crippen molar-refractivity contribution in [3.05, 3.63) is 45.7 Å². The largest absolute Gasteiger partial charge is 0.493 e. The van der Waals surface area contributed by atoms with Crippen molar-refractivity contribution in [3.63, 3.8) is 0 Å². The highest BCUT2D eigenvalue weighted by atomic mass is 79.9. The van der Waals surface area contributed by atoms with E-state index >= 15 is 0 Å². The molecule has 1 atom stereocenters. The molecule has 2 aromatic rings. The van der Waals surface area contributed by atoms with Crippen LogP contribution in [0, 0.1) is 0 Å². The van der Waals surface area contributed by atoms with Crippen molar-refractivity contribution in [2.45, 2.75) is 18.9 Å². The molecule has 1 aromatic carbocycles. The number of likely N-dealkylation sites (N-methyl/N-ethyl adjacent to an activating group) is 1. The van der Waals surface area contributed by atoms with E-state index in [1.807, 2.05) is 25.0 Å². The van der Waals surface area contributed by atoms with Crippen molar-refractivity contribution >= 4 is 15.9 Å². The highest BCUT2D eigenvalue weighted by Gasteiger charge is 2.21. The van der Waals surface area contributed by atoms with E-state index in [0.29, 0.717) is 0 Å². The van der Waals surface area contributed by atoms with E-state index < -0.39 is 0 Å². The molecule has 4 nitrogen and oxygen atoms in total. The Kier molecular flexibility index (Phi) is 3.81. The fraction of sp³-hybridized carbons (Fsp3) is 0.400. The Bertz CT molecular complexity index is 624. The lowest BCUT2D eigenvalue weighted by Gasteiger charge is -2.17. The van der Waals surface area contributed by atoms with Crippen LogP contribution in [0.1, 0.15) is 22.7 Å². The molecule has 0 spiro atoms. The van der Waals surface area contributed by atoms with Gasteiger partial charge in [0.05, 0.1) is 12.8 Å². The van der Waals surface area contributed by atoms with Crippen LogP contribution in [0.3, 0.4) is 0 Å². The number of hydrogen-bond acceptors (Lipinski definition) is 3. The molecule has 1 aromatic heterocycles. The highest BCUT2D eigenvalue weighted by molar-refractivity contribution is 9.10. The van der Waals surface area contributed by atoms with Crippen LogP contribution in [0.4, 0.5) is 0 Å². The van der Waals surface area contributed by atoms with Gasteiger partial charge in [0, 0.05) is 35.7 Å². The second-order valence-electron chi connectivity index (χ2n) is 5.14. The smallest absolute Gasteiger partial charge is 0.125 e. The summed E-state index contributed by atoms with van der Waals surface area (Å²) in [5.41, 5.74) is 3.74. The van der Waals surface area contributed by atoms with Gasteiger partial charge in [-0.3, -0.25) is 4.68 Å². The van der Waals surface area contributed by atoms with Crippen molar-refractivity contribution in [1.82, 2.24) is 15.1 Å². The maximum atomic E-state index is 5.80. The number of halogens is 1. The van der Waals surface area contributed by atoms with Crippen LogP contribution < -0.4 is 10.1 Å². The molecule has 5 heteroatoms. The average Bonchev–Trinajstić information content (AvgIpc) is 3.04. The van der Waals surface area contributed by atoms with Gasteiger partial charge in [-0.05, 0) is 36.7 Å². The summed E-state index contributed by atoms with van der Waals surface area (Å²) in [6.07, 6.45) is 5.86. The minimum absolute atomic E-state index is 0.242. The zero-order valence-corrected chi connectivity index (χ0v) is 13.3. The third kappa shape index (κ3) is 2.60. The van der Waals surface area contributed by atoms with Crippen molar-refractivity contribution in [1.29, 1.82) is 0 Å². The van der Waals surface area contributed by atoms with Gasteiger partial charge < -0.3 is 10.1 Å². The normalized spacial score (nSPS) is 14.9. The molecule has 1 unspecified atom stereocenters. The molecule has 0 bridgehead atoms. The third-order valence-electron chi connectivity index (χ3n) is 3.73. The number of benzene rings is 1. The number of fused-ring (bicyclic) bond motifs is 1. The summed E-state index contributed by atoms with van der Waals surface area (Å²) < 4.78 is 8.76. The lowest BCUT2D eigenvalue weighted by molar-refractivity contribution is 0.352. The Hall–Kier alpha value is -1.33. The van der Waals surface area contributed by atoms with Gasteiger partial charge in [0.15, 0.2) is 0 Å². The lowest BCUT2D eigenvalue weighted by atomic mass is 9.98. The predicted molar refractivity (Wildman–Crippen MR) is 82.1 cm³/mol. The number of nitrogens with one attached hydrogen (secondary N) is 1. The van der Waals surface area contributed by atoms with E-state index in [2.05, 4.69) is 44.7 Å². The monoisotopic (exact) mass is 335 g/mol. The van der Waals surface area contributed by atoms with Crippen molar-refractivity contribution in [2.75, 3.05) is 13.7 Å². The minimum Gasteiger partial charge on any atom is -0.493 e. The molecule has 0 aliphatic carbocycles. The minimum atomic E-state index is 0.242. The molecular formula is C15H18BrN3O. The number of hydrogen-bond donors (Lipinski definition) is 1. The van der Waals surface area contributed by atoms with E-state index in [1.165, 1.54) is 16.7 Å². The van der Waals surface area contributed by atoms with Gasteiger partial charge in [-0.2, -0.15) is 5.10 Å². The summed E-state index contributed by atoms with van der Waals surface area (Å²) in [4.78, 5) is 0. The van der Waals surface area contributed by atoms with Crippen LogP contribution in [0.15, 0.2) is 29.0 Å². The van der Waals surface area contributed by atoms with Crippen molar-refractivity contribution < 1.29 is 4.74 Å². The fourth-order valence-corrected chi connectivity index (χ4v) is 3.28. The van der Waals surface area contributed by atoms with Gasteiger partial charge in [0.2, 0.25) is 0 Å². The van der Waals surface area contributed by atoms with Gasteiger partial charge >= 0.3 is 0 Å². The van der Waals surface area contributed by atoms with Crippen LogP contribution in [0.25, 0.3) is 0 Å². The molecule has 3 rings (SSSR count). The molecule has 0 amide bonds. The molecule has 1 aliphatic heterocycles. The Labute approximate surface area is 127 Å². The molecule has 1 aliphatic rings. The van der Waals surface area contributed by atoms with E-state index in [9.17, 15) is 0 Å². The third-order valence-corrected chi connectivity index (χ3v) is 4.18. The first-order valence-corrected chi connectivity index (χ1v) is 7.56. The van der Waals surface area contributed by atoms with Crippen LogP contribution >= 0.6 is 15.9 Å². The van der Waals surface area contributed by atoms with Crippen LogP contribution in [0.5, 0.6) is 5.75 Å². The first-order valence-electron chi connectivity index (χ1n) is 6.77. The summed E-state index contributed by atoms with van der Waals surface area (Å²) in [6, 6.07) is 4.56. The molecule has 1 N–H and O–H groups in total. The first kappa shape index (κ1) is 13.6. The summed E-state index contributed by atoms with van der Waals surface area (Å²) in [7, 11) is 3.92. The number of aromatic nitrogens is 2. The number of rotatable bonds is 4. The van der Waals surface area contributed by atoms with Crippen LogP contribution in [0.2, 0.25) is 0 Å². The lowest BCUT2D eigenvalue weighted by Crippen LogP contribution is -2.18. The molecule has 0 saturated heterocycles. The summed E-state index contributed by atoms with van der Waals surface area (Å²) in [5.74, 6) is 1.07. The quantitative estimate of drug-likeness (QED) is 0.933. The summed E-state index contributed by atoms with van der Waals surface area (Å²) in [6.45, 7) is 0.788. The molecular weight excluding hydrogens is 318 g/mol. The van der Waals surface area contributed by atoms with Gasteiger partial charge in [0.1, 0.15) is 5.75 Å². The highest BCUT2D eigenvalue weighted by Crippen LogP contribution is 2.35. The SMILES string of the molecule is CNC(Cc1cc(Br)cc2c1OCC2)c1cnn(C)c1. The Morgan fingerprint density at radius 2 is 2.35 bits per heavy atom. The fourth-order valence-electron chi connectivity index (χ4n) is 2.72. The van der Waals surface area contributed by atoms with E-state index in [0.717, 1.165) is 29.7 Å². The second-order valence-corrected chi connectivity index (χ2v) is 6.06. The zero-order valence-electron chi connectivity index (χ0n) is 11.7. The molecule has 106 valence electrons. The zero-order chi connectivity index (χ0) is 14.1. The maximum absolute atomic E-state index is 5.80. The van der Waals surface area contributed by atoms with E-state index in [-0.39, 0.29) is 6.04 Å². The average molecular weight is 336 g/mol. The standard InChI is InChI=1S/C15H18BrN3O/c1-17-14(12-8-18-19(2)9-12)7-11-6-13(16)5-10-3-4-20-15(10)11/h5-6,8-9,14,17H,3-4,7H2,1-2H3. The summed E-state index contributed by atoms with van der Waals surface area (Å²) >= 11 is 3.60. The van der Waals surface area contributed by atoms with Gasteiger partial charge in [0.25, 0.3) is 0 Å². The molecule has 20 heavy (non-hydrogen) atoms. The molecule has 0 fully saturated rings. The number of aryl methyl sites for hydroxylation is 1. The van der Waals surface area contributed by atoms with E-state index in [4.69, 9.17) is 4.74 Å². The number of nitrogens with zero attached hydrogens (tertiary/aromatic N) is 2. The van der Waals surface area contributed by atoms with Crippen molar-refractivity contribution in [3.8, 4) is 5.75 Å². The molecule has 0 radical (unpaired) electrons. The predicted octanol–water partition coefficient (Wildman–Crippen LogP) is 2.62.